The number of benzene rings is 1. The minimum absolute atomic E-state index is 0.259. The third-order valence-corrected chi connectivity index (χ3v) is 9.43. The summed E-state index contributed by atoms with van der Waals surface area (Å²) in [4.78, 5) is 25.9. The first kappa shape index (κ1) is 30.1. The molecule has 0 radical (unpaired) electrons. The third kappa shape index (κ3) is 5.70. The van der Waals surface area contributed by atoms with Gasteiger partial charge in [0, 0.05) is 44.4 Å². The number of carbonyl (C=O) groups excluding carboxylic acids is 1. The van der Waals surface area contributed by atoms with E-state index in [0.717, 1.165) is 22.4 Å². The number of halogens is 4. The van der Waals surface area contributed by atoms with Gasteiger partial charge in [0.15, 0.2) is 5.60 Å². The number of carbonyl (C=O) groups is 1. The number of aliphatic hydroxyl groups is 1. The second-order valence-corrected chi connectivity index (χ2v) is 13.7. The summed E-state index contributed by atoms with van der Waals surface area (Å²) in [5.41, 5.74) is 2.14. The van der Waals surface area contributed by atoms with Crippen LogP contribution in [0, 0.1) is 0 Å². The molecule has 1 saturated heterocycles. The van der Waals surface area contributed by atoms with E-state index in [1.54, 1.807) is 49.0 Å². The lowest BCUT2D eigenvalue weighted by Gasteiger charge is -2.41. The highest BCUT2D eigenvalue weighted by molar-refractivity contribution is 6.68. The molecule has 8 nitrogen and oxygen atoms in total. The van der Waals surface area contributed by atoms with Gasteiger partial charge >= 0.3 is 6.09 Å². The molecule has 2 aliphatic rings. The van der Waals surface area contributed by atoms with Crippen LogP contribution in [-0.2, 0) is 17.4 Å². The van der Waals surface area contributed by atoms with Gasteiger partial charge in [0.1, 0.15) is 5.60 Å². The largest absolute Gasteiger partial charge is 0.439 e. The molecule has 0 unspecified atom stereocenters. The minimum Gasteiger partial charge on any atom is -0.439 e. The smallest absolute Gasteiger partial charge is 0.410 e. The fourth-order valence-electron chi connectivity index (χ4n) is 5.40. The van der Waals surface area contributed by atoms with Crippen LogP contribution >= 0.6 is 46.4 Å². The summed E-state index contributed by atoms with van der Waals surface area (Å²) in [6.45, 7) is 6.79. The van der Waals surface area contributed by atoms with E-state index in [4.69, 9.17) is 56.1 Å². The Bertz CT molecular complexity index is 1490. The Kier molecular flexibility index (Phi) is 8.13. The number of nitrogens with zero attached hydrogens (tertiary/aromatic N) is 5. The number of alkyl halides is 3. The van der Waals surface area contributed by atoms with E-state index < -0.39 is 21.1 Å². The Morgan fingerprint density at radius 3 is 2.44 bits per heavy atom. The summed E-state index contributed by atoms with van der Waals surface area (Å²) in [7, 11) is 1.85. The molecule has 3 heterocycles. The van der Waals surface area contributed by atoms with Crippen molar-refractivity contribution in [3.05, 3.63) is 82.2 Å². The van der Waals surface area contributed by atoms with Crippen molar-refractivity contribution in [3.63, 3.8) is 0 Å². The van der Waals surface area contributed by atoms with E-state index in [-0.39, 0.29) is 6.04 Å². The van der Waals surface area contributed by atoms with E-state index in [1.807, 2.05) is 43.5 Å². The standard InChI is InChI=1S/C29H31Cl4N5O3/c1-27(2,29(31,32)33)41-26(39)38-12-10-37(11-13-38)25-20-8-7-19(30)15-21(20)22(14-18-6-5-9-35-24(18)25)28(3,40)23-16-34-17-36(23)4/h5-9,14-17,25,40H,10-13H2,1-4H3/t25-,28-/m0/s1. The van der Waals surface area contributed by atoms with Gasteiger partial charge in [0.25, 0.3) is 0 Å². The molecule has 0 bridgehead atoms. The zero-order valence-electron chi connectivity index (χ0n) is 23.1. The molecule has 218 valence electrons. The summed E-state index contributed by atoms with van der Waals surface area (Å²) < 4.78 is 5.60. The molecule has 41 heavy (non-hydrogen) atoms. The van der Waals surface area contributed by atoms with Gasteiger partial charge in [-0.05, 0) is 67.3 Å². The Hall–Kier alpha value is -2.33. The maximum absolute atomic E-state index is 13.0. The summed E-state index contributed by atoms with van der Waals surface area (Å²) in [5, 5.41) is 12.6. The molecule has 0 saturated carbocycles. The molecular weight excluding hydrogens is 608 g/mol. The van der Waals surface area contributed by atoms with Gasteiger partial charge in [-0.3, -0.25) is 9.88 Å². The summed E-state index contributed by atoms with van der Waals surface area (Å²) in [5.74, 6) is 0. The fourth-order valence-corrected chi connectivity index (χ4v) is 5.69. The summed E-state index contributed by atoms with van der Waals surface area (Å²) >= 11 is 24.6. The first-order valence-corrected chi connectivity index (χ1v) is 14.7. The zero-order valence-corrected chi connectivity index (χ0v) is 26.1. The van der Waals surface area contributed by atoms with Crippen LogP contribution in [0.5, 0.6) is 0 Å². The number of aryl methyl sites for hydroxylation is 1. The van der Waals surface area contributed by atoms with Gasteiger partial charge in [-0.1, -0.05) is 58.5 Å². The number of aromatic nitrogens is 3. The van der Waals surface area contributed by atoms with E-state index in [2.05, 4.69) is 9.88 Å². The molecule has 3 aromatic rings. The summed E-state index contributed by atoms with van der Waals surface area (Å²) in [6.07, 6.45) is 6.55. The third-order valence-electron chi connectivity index (χ3n) is 7.83. The molecule has 12 heteroatoms. The van der Waals surface area contributed by atoms with Crippen molar-refractivity contribution in [1.29, 1.82) is 0 Å². The van der Waals surface area contributed by atoms with Crippen molar-refractivity contribution in [2.75, 3.05) is 26.2 Å². The molecule has 1 aromatic carbocycles. The molecule has 1 N–H and O–H groups in total. The second-order valence-electron chi connectivity index (χ2n) is 11.0. The first-order valence-electron chi connectivity index (χ1n) is 13.2. The fraction of sp³-hybridized carbons (Fsp3) is 0.414. The highest BCUT2D eigenvalue weighted by Crippen LogP contribution is 2.46. The molecule has 1 amide bonds. The van der Waals surface area contributed by atoms with Gasteiger partial charge in [-0.2, -0.15) is 0 Å². The average molecular weight is 639 g/mol. The number of piperazine rings is 1. The molecule has 5 rings (SSSR count). The Labute approximate surface area is 259 Å². The number of amides is 1. The van der Waals surface area contributed by atoms with Crippen LogP contribution in [0.1, 0.15) is 54.9 Å². The molecule has 1 fully saturated rings. The normalized spacial score (nSPS) is 19.5. The van der Waals surface area contributed by atoms with Crippen molar-refractivity contribution in [2.45, 2.75) is 41.8 Å². The van der Waals surface area contributed by atoms with Crippen LogP contribution < -0.4 is 0 Å². The minimum atomic E-state index is -1.77. The SMILES string of the molecule is Cn1cncc1[C@@](C)(O)C1=Cc2cccnc2[C@@H](N2CCN(C(=O)OC(C)(C)C(Cl)(Cl)Cl)CC2)c2ccc(Cl)cc21. The number of fused-ring (bicyclic) bond motifs is 2. The van der Waals surface area contributed by atoms with Crippen molar-refractivity contribution in [2.24, 2.45) is 7.05 Å². The lowest BCUT2D eigenvalue weighted by molar-refractivity contribution is 0.00417. The predicted octanol–water partition coefficient (Wildman–Crippen LogP) is 6.22. The number of pyridine rings is 1. The quantitative estimate of drug-likeness (QED) is 0.342. The molecule has 1 aliphatic heterocycles. The molecule has 2 atom stereocenters. The van der Waals surface area contributed by atoms with Gasteiger partial charge in [-0.15, -0.1) is 0 Å². The Morgan fingerprint density at radius 2 is 1.80 bits per heavy atom. The van der Waals surface area contributed by atoms with Crippen molar-refractivity contribution >= 4 is 64.1 Å². The van der Waals surface area contributed by atoms with Crippen LogP contribution in [0.4, 0.5) is 4.79 Å². The van der Waals surface area contributed by atoms with Crippen LogP contribution in [0.3, 0.4) is 0 Å². The van der Waals surface area contributed by atoms with Gasteiger partial charge < -0.3 is 19.3 Å². The lowest BCUT2D eigenvalue weighted by Crippen LogP contribution is -2.52. The monoisotopic (exact) mass is 637 g/mol. The average Bonchev–Trinajstić information content (AvgIpc) is 3.29. The number of ether oxygens (including phenoxy) is 1. The van der Waals surface area contributed by atoms with E-state index in [1.165, 1.54) is 0 Å². The van der Waals surface area contributed by atoms with Gasteiger partial charge in [0.05, 0.1) is 30.0 Å². The first-order chi connectivity index (χ1) is 19.2. The Morgan fingerprint density at radius 1 is 1.10 bits per heavy atom. The topological polar surface area (TPSA) is 83.7 Å². The number of imidazole rings is 1. The molecule has 2 aromatic heterocycles. The van der Waals surface area contributed by atoms with Crippen molar-refractivity contribution < 1.29 is 14.6 Å². The Balaban J connectivity index is 1.51. The van der Waals surface area contributed by atoms with Gasteiger partial charge in [-0.25, -0.2) is 9.78 Å². The second kappa shape index (κ2) is 11.1. The maximum atomic E-state index is 13.0. The van der Waals surface area contributed by atoms with Crippen LogP contribution in [0.15, 0.2) is 49.1 Å². The zero-order chi connectivity index (χ0) is 29.7. The van der Waals surface area contributed by atoms with Gasteiger partial charge in [0.2, 0.25) is 3.79 Å². The molecule has 0 spiro atoms. The van der Waals surface area contributed by atoms with E-state index >= 15 is 0 Å². The highest BCUT2D eigenvalue weighted by Gasteiger charge is 2.45. The molecular formula is C29H31Cl4N5O3. The lowest BCUT2D eigenvalue weighted by atomic mass is 9.84. The summed E-state index contributed by atoms with van der Waals surface area (Å²) in [6, 6.07) is 9.35. The van der Waals surface area contributed by atoms with Crippen LogP contribution in [-0.4, -0.2) is 71.1 Å². The predicted molar refractivity (Wildman–Crippen MR) is 162 cm³/mol. The number of hydrogen-bond donors (Lipinski definition) is 1. The van der Waals surface area contributed by atoms with E-state index in [0.29, 0.717) is 42.5 Å². The highest BCUT2D eigenvalue weighted by atomic mass is 35.6. The maximum Gasteiger partial charge on any atom is 0.410 e. The van der Waals surface area contributed by atoms with Crippen molar-refractivity contribution in [1.82, 2.24) is 24.3 Å². The van der Waals surface area contributed by atoms with E-state index in [9.17, 15) is 9.90 Å². The van der Waals surface area contributed by atoms with Crippen LogP contribution in [0.25, 0.3) is 11.6 Å². The van der Waals surface area contributed by atoms with Crippen molar-refractivity contribution in [3.8, 4) is 0 Å². The van der Waals surface area contributed by atoms with Crippen LogP contribution in [0.2, 0.25) is 5.02 Å². The number of rotatable bonds is 4. The number of hydrogen-bond acceptors (Lipinski definition) is 6. The molecule has 1 aliphatic carbocycles.